The summed E-state index contributed by atoms with van der Waals surface area (Å²) >= 11 is 0. The third-order valence-corrected chi connectivity index (χ3v) is 1.71. The largest absolute Gasteiger partial charge is 0.306 e. The van der Waals surface area contributed by atoms with E-state index in [-0.39, 0.29) is 6.67 Å². The van der Waals surface area contributed by atoms with Gasteiger partial charge in [0, 0.05) is 12.5 Å². The number of hydrogen-bond acceptors (Lipinski definition) is 1. The SMILES string of the molecule is CN1CC[C@@H](CF)C1. The number of rotatable bonds is 1. The molecule has 8 heavy (non-hydrogen) atoms. The van der Waals surface area contributed by atoms with Gasteiger partial charge in [0.05, 0.1) is 6.67 Å². The molecule has 1 fully saturated rings. The second-order valence-electron chi connectivity index (χ2n) is 2.57. The van der Waals surface area contributed by atoms with E-state index in [1.54, 1.807) is 0 Å². The number of likely N-dealkylation sites (tertiary alicyclic amines) is 1. The monoisotopic (exact) mass is 117 g/mol. The molecule has 1 heterocycles. The molecule has 0 aromatic rings. The highest BCUT2D eigenvalue weighted by atomic mass is 19.1. The van der Waals surface area contributed by atoms with Gasteiger partial charge in [0.15, 0.2) is 0 Å². The van der Waals surface area contributed by atoms with E-state index in [1.165, 1.54) is 0 Å². The molecular formula is C6H12FN. The van der Waals surface area contributed by atoms with E-state index in [9.17, 15) is 4.39 Å². The second kappa shape index (κ2) is 2.44. The van der Waals surface area contributed by atoms with Crippen molar-refractivity contribution in [2.45, 2.75) is 6.42 Å². The molecule has 0 aromatic carbocycles. The molecule has 1 aliphatic rings. The highest BCUT2D eigenvalue weighted by molar-refractivity contribution is 4.71. The van der Waals surface area contributed by atoms with E-state index in [1.807, 2.05) is 7.05 Å². The molecule has 48 valence electrons. The maximum atomic E-state index is 11.8. The van der Waals surface area contributed by atoms with Crippen LogP contribution in [0.4, 0.5) is 4.39 Å². The fourth-order valence-electron chi connectivity index (χ4n) is 1.15. The molecule has 0 saturated carbocycles. The van der Waals surface area contributed by atoms with Crippen molar-refractivity contribution in [1.82, 2.24) is 4.90 Å². The van der Waals surface area contributed by atoms with Crippen molar-refractivity contribution in [3.63, 3.8) is 0 Å². The van der Waals surface area contributed by atoms with Crippen molar-refractivity contribution in [3.05, 3.63) is 0 Å². The Bertz CT molecular complexity index is 74.9. The average molecular weight is 117 g/mol. The molecule has 0 radical (unpaired) electrons. The first-order valence-corrected chi connectivity index (χ1v) is 3.07. The molecule has 1 nitrogen and oxygen atoms in total. The van der Waals surface area contributed by atoms with Crippen LogP contribution in [0.3, 0.4) is 0 Å². The Kier molecular flexibility index (Phi) is 1.84. The summed E-state index contributed by atoms with van der Waals surface area (Å²) in [6, 6.07) is 0. The van der Waals surface area contributed by atoms with Gasteiger partial charge in [-0.1, -0.05) is 0 Å². The Balaban J connectivity index is 2.22. The molecule has 1 aliphatic heterocycles. The molecule has 0 bridgehead atoms. The van der Waals surface area contributed by atoms with Crippen LogP contribution < -0.4 is 0 Å². The molecule has 0 aromatic heterocycles. The first kappa shape index (κ1) is 6.02. The Morgan fingerprint density at radius 2 is 2.50 bits per heavy atom. The molecule has 2 heteroatoms. The van der Waals surface area contributed by atoms with Crippen molar-refractivity contribution < 1.29 is 4.39 Å². The maximum Gasteiger partial charge on any atom is 0.0935 e. The van der Waals surface area contributed by atoms with Gasteiger partial charge < -0.3 is 4.90 Å². The zero-order valence-electron chi connectivity index (χ0n) is 5.23. The minimum absolute atomic E-state index is 0.135. The summed E-state index contributed by atoms with van der Waals surface area (Å²) in [6.45, 7) is 1.90. The van der Waals surface area contributed by atoms with Gasteiger partial charge in [-0.25, -0.2) is 0 Å². The standard InChI is InChI=1S/C6H12FN/c1-8-3-2-6(4-7)5-8/h6H,2-5H2,1H3/t6-/m0/s1. The summed E-state index contributed by atoms with van der Waals surface area (Å²) in [5.74, 6) is 0.333. The van der Waals surface area contributed by atoms with Crippen LogP contribution in [0.5, 0.6) is 0 Å². The van der Waals surface area contributed by atoms with Crippen LogP contribution >= 0.6 is 0 Å². The van der Waals surface area contributed by atoms with Crippen molar-refractivity contribution in [1.29, 1.82) is 0 Å². The van der Waals surface area contributed by atoms with Crippen LogP contribution in [-0.4, -0.2) is 31.7 Å². The highest BCUT2D eigenvalue weighted by Crippen LogP contribution is 2.13. The van der Waals surface area contributed by atoms with E-state index in [2.05, 4.69) is 4.90 Å². The molecular weight excluding hydrogens is 105 g/mol. The Labute approximate surface area is 49.5 Å². The summed E-state index contributed by atoms with van der Waals surface area (Å²) in [7, 11) is 2.04. The predicted octanol–water partition coefficient (Wildman–Crippen LogP) is 0.908. The van der Waals surface area contributed by atoms with Gasteiger partial charge in [0.2, 0.25) is 0 Å². The lowest BCUT2D eigenvalue weighted by molar-refractivity contribution is 0.342. The van der Waals surface area contributed by atoms with Crippen molar-refractivity contribution in [2.75, 3.05) is 26.8 Å². The highest BCUT2D eigenvalue weighted by Gasteiger charge is 2.18. The minimum Gasteiger partial charge on any atom is -0.306 e. The normalized spacial score (nSPS) is 31.5. The molecule has 0 spiro atoms. The molecule has 0 N–H and O–H groups in total. The van der Waals surface area contributed by atoms with Gasteiger partial charge in [0.1, 0.15) is 0 Å². The van der Waals surface area contributed by atoms with Gasteiger partial charge in [-0.15, -0.1) is 0 Å². The van der Waals surface area contributed by atoms with Gasteiger partial charge in [-0.2, -0.15) is 0 Å². The number of nitrogens with zero attached hydrogens (tertiary/aromatic N) is 1. The quantitative estimate of drug-likeness (QED) is 0.493. The van der Waals surface area contributed by atoms with Gasteiger partial charge in [0.25, 0.3) is 0 Å². The number of hydrogen-bond donors (Lipinski definition) is 0. The minimum atomic E-state index is -0.135. The summed E-state index contributed by atoms with van der Waals surface area (Å²) in [6.07, 6.45) is 1.05. The molecule has 0 aliphatic carbocycles. The molecule has 1 rings (SSSR count). The lowest BCUT2D eigenvalue weighted by atomic mass is 10.1. The van der Waals surface area contributed by atoms with Crippen LogP contribution in [-0.2, 0) is 0 Å². The first-order chi connectivity index (χ1) is 3.83. The third-order valence-electron chi connectivity index (χ3n) is 1.71. The van der Waals surface area contributed by atoms with Crippen molar-refractivity contribution in [2.24, 2.45) is 5.92 Å². The van der Waals surface area contributed by atoms with Crippen LogP contribution in [0.25, 0.3) is 0 Å². The van der Waals surface area contributed by atoms with Gasteiger partial charge in [-0.05, 0) is 20.0 Å². The molecule has 1 saturated heterocycles. The maximum absolute atomic E-state index is 11.8. The van der Waals surface area contributed by atoms with E-state index in [4.69, 9.17) is 0 Å². The van der Waals surface area contributed by atoms with Crippen molar-refractivity contribution in [3.8, 4) is 0 Å². The van der Waals surface area contributed by atoms with Crippen molar-refractivity contribution >= 4 is 0 Å². The molecule has 0 unspecified atom stereocenters. The lowest BCUT2D eigenvalue weighted by Crippen LogP contribution is -2.14. The second-order valence-corrected chi connectivity index (χ2v) is 2.57. The smallest absolute Gasteiger partial charge is 0.0935 e. The Morgan fingerprint density at radius 1 is 1.75 bits per heavy atom. The van der Waals surface area contributed by atoms with E-state index >= 15 is 0 Å². The van der Waals surface area contributed by atoms with E-state index in [0.717, 1.165) is 19.5 Å². The fraction of sp³-hybridized carbons (Fsp3) is 1.00. The topological polar surface area (TPSA) is 3.24 Å². The Hall–Kier alpha value is -0.110. The summed E-state index contributed by atoms with van der Waals surface area (Å²) in [5, 5.41) is 0. The van der Waals surface area contributed by atoms with Crippen LogP contribution in [0, 0.1) is 5.92 Å². The van der Waals surface area contributed by atoms with Gasteiger partial charge >= 0.3 is 0 Å². The lowest BCUT2D eigenvalue weighted by Gasteiger charge is -2.04. The van der Waals surface area contributed by atoms with Gasteiger partial charge in [-0.3, -0.25) is 4.39 Å². The van der Waals surface area contributed by atoms with Crippen LogP contribution in [0.1, 0.15) is 6.42 Å². The predicted molar refractivity (Wildman–Crippen MR) is 31.6 cm³/mol. The zero-order chi connectivity index (χ0) is 5.98. The fourth-order valence-corrected chi connectivity index (χ4v) is 1.15. The zero-order valence-corrected chi connectivity index (χ0v) is 5.23. The summed E-state index contributed by atoms with van der Waals surface area (Å²) in [5.41, 5.74) is 0. The van der Waals surface area contributed by atoms with Crippen LogP contribution in [0.2, 0.25) is 0 Å². The molecule has 1 atom stereocenters. The van der Waals surface area contributed by atoms with E-state index in [0.29, 0.717) is 5.92 Å². The van der Waals surface area contributed by atoms with E-state index < -0.39 is 0 Å². The number of alkyl halides is 1. The Morgan fingerprint density at radius 3 is 2.75 bits per heavy atom. The summed E-state index contributed by atoms with van der Waals surface area (Å²) in [4.78, 5) is 2.17. The first-order valence-electron chi connectivity index (χ1n) is 3.07. The third kappa shape index (κ3) is 1.19. The molecule has 0 amide bonds. The van der Waals surface area contributed by atoms with Crippen LogP contribution in [0.15, 0.2) is 0 Å². The average Bonchev–Trinajstić information content (AvgIpc) is 2.14. The summed E-state index contributed by atoms with van der Waals surface area (Å²) < 4.78 is 11.8. The number of halogens is 1.